The molecule has 1 fully saturated rings. The molecule has 3 aromatic rings. The molecule has 0 aromatic carbocycles. The number of alkyl halides is 2. The summed E-state index contributed by atoms with van der Waals surface area (Å²) in [6, 6.07) is 0.122. The van der Waals surface area contributed by atoms with Crippen LogP contribution in [-0.4, -0.2) is 44.4 Å². The zero-order valence-electron chi connectivity index (χ0n) is 16.9. The van der Waals surface area contributed by atoms with Gasteiger partial charge in [0, 0.05) is 20.3 Å². The number of nitrogens with one attached hydrogen (secondary N) is 1. The van der Waals surface area contributed by atoms with E-state index in [-0.39, 0.29) is 17.3 Å². The van der Waals surface area contributed by atoms with Crippen LogP contribution in [0.3, 0.4) is 0 Å². The van der Waals surface area contributed by atoms with Gasteiger partial charge in [-0.2, -0.15) is 10.2 Å². The van der Waals surface area contributed by atoms with Gasteiger partial charge in [-0.1, -0.05) is 13.8 Å². The lowest BCUT2D eigenvalue weighted by atomic mass is 9.93. The van der Waals surface area contributed by atoms with E-state index in [0.29, 0.717) is 5.65 Å². The summed E-state index contributed by atoms with van der Waals surface area (Å²) in [6.07, 6.45) is 6.30. The van der Waals surface area contributed by atoms with Crippen LogP contribution in [0, 0.1) is 0 Å². The standard InChI is InChI=1S/C17H19F2N7O.C2H6/c1-24(2)11-6-20-16-12(7-21-26(16)8-11)17(27)22-13-9-25(10-4-3-5-10)23-14(13)15(18)19;1-2/h6-10,15H,3-5H2,1-2H3,(H,22,27);1-2H3. The van der Waals surface area contributed by atoms with Gasteiger partial charge in [0.05, 0.1) is 36.0 Å². The van der Waals surface area contributed by atoms with Crippen LogP contribution in [0.1, 0.15) is 61.6 Å². The van der Waals surface area contributed by atoms with Gasteiger partial charge in [-0.15, -0.1) is 0 Å². The van der Waals surface area contributed by atoms with Gasteiger partial charge in [-0.05, 0) is 19.3 Å². The molecule has 10 heteroatoms. The second-order valence-corrected chi connectivity index (χ2v) is 6.78. The second-order valence-electron chi connectivity index (χ2n) is 6.78. The van der Waals surface area contributed by atoms with Crippen LogP contribution in [0.25, 0.3) is 5.65 Å². The number of halogens is 2. The fraction of sp³-hybridized carbons (Fsp3) is 0.474. The van der Waals surface area contributed by atoms with Crippen LogP contribution in [0.15, 0.2) is 24.8 Å². The highest BCUT2D eigenvalue weighted by atomic mass is 19.3. The lowest BCUT2D eigenvalue weighted by Gasteiger charge is -2.25. The highest BCUT2D eigenvalue weighted by Crippen LogP contribution is 2.34. The summed E-state index contributed by atoms with van der Waals surface area (Å²) in [5, 5.41) is 10.6. The minimum Gasteiger partial charge on any atom is -0.375 e. The molecule has 0 aliphatic heterocycles. The third-order valence-electron chi connectivity index (χ3n) is 4.77. The van der Waals surface area contributed by atoms with Crippen molar-refractivity contribution in [2.45, 2.75) is 45.6 Å². The van der Waals surface area contributed by atoms with E-state index in [1.807, 2.05) is 32.8 Å². The number of aromatic nitrogens is 5. The van der Waals surface area contributed by atoms with Crippen molar-refractivity contribution in [3.05, 3.63) is 36.0 Å². The summed E-state index contributed by atoms with van der Waals surface area (Å²) in [6.45, 7) is 4.00. The first kappa shape index (κ1) is 20.7. The highest BCUT2D eigenvalue weighted by Gasteiger charge is 2.26. The molecule has 4 rings (SSSR count). The Morgan fingerprint density at radius 3 is 2.55 bits per heavy atom. The molecule has 1 N–H and O–H groups in total. The molecule has 0 atom stereocenters. The number of carbonyl (C=O) groups is 1. The monoisotopic (exact) mass is 405 g/mol. The second kappa shape index (κ2) is 8.54. The van der Waals surface area contributed by atoms with Crippen LogP contribution < -0.4 is 10.2 Å². The maximum absolute atomic E-state index is 13.3. The van der Waals surface area contributed by atoms with E-state index >= 15 is 0 Å². The fourth-order valence-electron chi connectivity index (χ4n) is 2.95. The van der Waals surface area contributed by atoms with Crippen molar-refractivity contribution in [2.75, 3.05) is 24.3 Å². The summed E-state index contributed by atoms with van der Waals surface area (Å²) >= 11 is 0. The van der Waals surface area contributed by atoms with E-state index in [4.69, 9.17) is 0 Å². The van der Waals surface area contributed by atoms with Gasteiger partial charge < -0.3 is 10.2 Å². The Bertz CT molecular complexity index is 992. The van der Waals surface area contributed by atoms with E-state index in [2.05, 4.69) is 20.5 Å². The number of anilines is 2. The van der Waals surface area contributed by atoms with Crippen molar-refractivity contribution in [1.82, 2.24) is 24.4 Å². The van der Waals surface area contributed by atoms with Gasteiger partial charge in [0.2, 0.25) is 0 Å². The molecule has 0 bridgehead atoms. The number of rotatable bonds is 5. The first-order chi connectivity index (χ1) is 13.9. The van der Waals surface area contributed by atoms with E-state index in [1.165, 1.54) is 21.6 Å². The Balaban J connectivity index is 0.00000117. The molecule has 0 saturated heterocycles. The number of amides is 1. The number of hydrogen-bond donors (Lipinski definition) is 1. The zero-order chi connectivity index (χ0) is 21.1. The van der Waals surface area contributed by atoms with Crippen molar-refractivity contribution >= 4 is 22.9 Å². The number of carbonyl (C=O) groups excluding carboxylic acids is 1. The van der Waals surface area contributed by atoms with Gasteiger partial charge >= 0.3 is 0 Å². The molecule has 29 heavy (non-hydrogen) atoms. The predicted molar refractivity (Wildman–Crippen MR) is 107 cm³/mol. The molecule has 3 heterocycles. The summed E-state index contributed by atoms with van der Waals surface area (Å²) in [7, 11) is 3.73. The Morgan fingerprint density at radius 2 is 1.97 bits per heavy atom. The molecule has 3 aromatic heterocycles. The van der Waals surface area contributed by atoms with Gasteiger partial charge in [-0.3, -0.25) is 9.48 Å². The van der Waals surface area contributed by atoms with Crippen molar-refractivity contribution < 1.29 is 13.6 Å². The SMILES string of the molecule is CC.CN(C)c1cnc2c(C(=O)Nc3cn(C4CCC4)nc3C(F)F)cnn2c1. The fourth-order valence-corrected chi connectivity index (χ4v) is 2.95. The Hall–Kier alpha value is -3.04. The first-order valence-corrected chi connectivity index (χ1v) is 9.63. The predicted octanol–water partition coefficient (Wildman–Crippen LogP) is 3.93. The average Bonchev–Trinajstić information content (AvgIpc) is 3.25. The van der Waals surface area contributed by atoms with Crippen LogP contribution >= 0.6 is 0 Å². The van der Waals surface area contributed by atoms with Crippen LogP contribution in [0.5, 0.6) is 0 Å². The smallest absolute Gasteiger partial charge is 0.284 e. The van der Waals surface area contributed by atoms with Crippen molar-refractivity contribution in [2.24, 2.45) is 0 Å². The minimum atomic E-state index is -2.77. The molecule has 1 amide bonds. The average molecular weight is 405 g/mol. The molecule has 1 aliphatic rings. The normalized spacial score (nSPS) is 13.8. The number of fused-ring (bicyclic) bond motifs is 1. The van der Waals surface area contributed by atoms with Gasteiger partial charge in [-0.25, -0.2) is 18.3 Å². The zero-order valence-corrected chi connectivity index (χ0v) is 16.9. The molecular weight excluding hydrogens is 380 g/mol. The van der Waals surface area contributed by atoms with E-state index in [9.17, 15) is 13.6 Å². The lowest BCUT2D eigenvalue weighted by molar-refractivity contribution is 0.102. The van der Waals surface area contributed by atoms with Gasteiger partial charge in [0.25, 0.3) is 12.3 Å². The first-order valence-electron chi connectivity index (χ1n) is 9.63. The molecule has 0 radical (unpaired) electrons. The molecule has 8 nitrogen and oxygen atoms in total. The Labute approximate surface area is 167 Å². The van der Waals surface area contributed by atoms with Crippen LogP contribution in [0.2, 0.25) is 0 Å². The molecule has 0 spiro atoms. The third kappa shape index (κ3) is 4.06. The lowest BCUT2D eigenvalue weighted by Crippen LogP contribution is -2.17. The Kier molecular flexibility index (Phi) is 6.09. The van der Waals surface area contributed by atoms with E-state index < -0.39 is 18.0 Å². The summed E-state index contributed by atoms with van der Waals surface area (Å²) < 4.78 is 29.7. The van der Waals surface area contributed by atoms with Gasteiger partial charge in [0.1, 0.15) is 5.56 Å². The number of nitrogens with zero attached hydrogens (tertiary/aromatic N) is 6. The topological polar surface area (TPSA) is 80.3 Å². The van der Waals surface area contributed by atoms with Gasteiger partial charge in [0.15, 0.2) is 11.3 Å². The summed E-state index contributed by atoms with van der Waals surface area (Å²) in [4.78, 5) is 18.8. The summed E-state index contributed by atoms with van der Waals surface area (Å²) in [5.41, 5.74) is 0.972. The molecule has 1 saturated carbocycles. The summed E-state index contributed by atoms with van der Waals surface area (Å²) in [5.74, 6) is -0.551. The molecule has 0 unspecified atom stereocenters. The quantitative estimate of drug-likeness (QED) is 0.696. The highest BCUT2D eigenvalue weighted by molar-refractivity contribution is 6.08. The maximum Gasteiger partial charge on any atom is 0.284 e. The van der Waals surface area contributed by atoms with Crippen LogP contribution in [0.4, 0.5) is 20.2 Å². The van der Waals surface area contributed by atoms with E-state index in [1.54, 1.807) is 12.4 Å². The maximum atomic E-state index is 13.3. The molecular formula is C19H25F2N7O. The van der Waals surface area contributed by atoms with Crippen molar-refractivity contribution in [3.8, 4) is 0 Å². The largest absolute Gasteiger partial charge is 0.375 e. The molecule has 1 aliphatic carbocycles. The van der Waals surface area contributed by atoms with Crippen molar-refractivity contribution in [3.63, 3.8) is 0 Å². The Morgan fingerprint density at radius 1 is 1.24 bits per heavy atom. The third-order valence-corrected chi connectivity index (χ3v) is 4.77. The van der Waals surface area contributed by atoms with E-state index in [0.717, 1.165) is 24.9 Å². The van der Waals surface area contributed by atoms with Crippen molar-refractivity contribution in [1.29, 1.82) is 0 Å². The minimum absolute atomic E-state index is 0.0196. The number of hydrogen-bond acceptors (Lipinski definition) is 5. The van der Waals surface area contributed by atoms with Crippen LogP contribution in [-0.2, 0) is 0 Å². The molecule has 156 valence electrons.